The number of hydrogen-bond acceptors (Lipinski definition) is 6. The normalized spacial score (nSPS) is 17.7. The first-order valence-electron chi connectivity index (χ1n) is 8.75. The van der Waals surface area contributed by atoms with Gasteiger partial charge >= 0.3 is 0 Å². The van der Waals surface area contributed by atoms with Crippen molar-refractivity contribution >= 4 is 44.4 Å². The lowest BCUT2D eigenvalue weighted by molar-refractivity contribution is -0.116. The summed E-state index contributed by atoms with van der Waals surface area (Å²) in [5, 5.41) is 4.79. The first-order valence-corrected chi connectivity index (χ1v) is 11.5. The smallest absolute Gasteiger partial charge is 0.231 e. The largest absolute Gasteiger partial charge is 0.454 e. The molecule has 0 saturated heterocycles. The van der Waals surface area contributed by atoms with Gasteiger partial charge in [-0.05, 0) is 42.0 Å². The molecule has 29 heavy (non-hydrogen) atoms. The summed E-state index contributed by atoms with van der Waals surface area (Å²) in [6.45, 7) is 0.164. The van der Waals surface area contributed by atoms with E-state index in [9.17, 15) is 13.2 Å². The van der Waals surface area contributed by atoms with Gasteiger partial charge in [-0.15, -0.1) is 11.3 Å². The number of sulfone groups is 1. The number of ether oxygens (including phenoxy) is 2. The summed E-state index contributed by atoms with van der Waals surface area (Å²) in [4.78, 5) is 13.5. The number of carbonyl (C=O) groups excluding carboxylic acids is 1. The van der Waals surface area contributed by atoms with E-state index in [0.29, 0.717) is 22.2 Å². The molecule has 2 aliphatic heterocycles. The molecule has 1 aromatic heterocycles. The first-order chi connectivity index (χ1) is 13.9. The van der Waals surface area contributed by atoms with Crippen LogP contribution in [0.25, 0.3) is 0 Å². The van der Waals surface area contributed by atoms with Crippen LogP contribution in [0.3, 0.4) is 0 Å². The zero-order valence-electron chi connectivity index (χ0n) is 14.8. The molecule has 0 fully saturated rings. The van der Waals surface area contributed by atoms with Gasteiger partial charge in [-0.2, -0.15) is 0 Å². The molecule has 9 heteroatoms. The van der Waals surface area contributed by atoms with E-state index in [0.717, 1.165) is 10.4 Å². The SMILES string of the molecule is O=C1C[C@H](c2ccc3c(c2)OCO3)c2scc(S(=O)(=O)c3ccc(Cl)cc3)c2N1. The first kappa shape index (κ1) is 18.5. The van der Waals surface area contributed by atoms with Crippen molar-refractivity contribution in [2.75, 3.05) is 12.1 Å². The van der Waals surface area contributed by atoms with Gasteiger partial charge in [-0.1, -0.05) is 17.7 Å². The van der Waals surface area contributed by atoms with E-state index < -0.39 is 9.84 Å². The molecular weight excluding hydrogens is 434 g/mol. The summed E-state index contributed by atoms with van der Waals surface area (Å²) in [6.07, 6.45) is 0.230. The van der Waals surface area contributed by atoms with Crippen molar-refractivity contribution < 1.29 is 22.7 Å². The summed E-state index contributed by atoms with van der Waals surface area (Å²) >= 11 is 7.20. The molecule has 6 nitrogen and oxygen atoms in total. The fourth-order valence-corrected chi connectivity index (χ4v) is 6.58. The molecule has 5 rings (SSSR count). The van der Waals surface area contributed by atoms with E-state index >= 15 is 0 Å². The maximum Gasteiger partial charge on any atom is 0.231 e. The number of fused-ring (bicyclic) bond motifs is 2. The average Bonchev–Trinajstić information content (AvgIpc) is 3.34. The molecule has 1 N–H and O–H groups in total. The van der Waals surface area contributed by atoms with Crippen LogP contribution in [0.15, 0.2) is 57.6 Å². The molecule has 0 spiro atoms. The number of anilines is 1. The standard InChI is InChI=1S/C20H14ClNO5S2/c21-12-2-4-13(5-3-12)29(24,25)17-9-28-20-14(8-18(23)22-19(17)20)11-1-6-15-16(7-11)27-10-26-15/h1-7,9,14H,8,10H2,(H,22,23)/t14-/m1/s1. The van der Waals surface area contributed by atoms with Gasteiger partial charge in [0.25, 0.3) is 0 Å². The minimum absolute atomic E-state index is 0.0959. The van der Waals surface area contributed by atoms with E-state index in [1.165, 1.54) is 35.6 Å². The number of amides is 1. The monoisotopic (exact) mass is 447 g/mol. The number of nitrogens with one attached hydrogen (secondary N) is 1. The Labute approximate surface area is 176 Å². The van der Waals surface area contributed by atoms with Crippen LogP contribution in [0.5, 0.6) is 11.5 Å². The number of benzene rings is 2. The Morgan fingerprint density at radius 1 is 1.07 bits per heavy atom. The van der Waals surface area contributed by atoms with Gasteiger partial charge in [0, 0.05) is 27.6 Å². The van der Waals surface area contributed by atoms with Crippen molar-refractivity contribution in [2.45, 2.75) is 22.1 Å². The Bertz CT molecular complexity index is 1230. The summed E-state index contributed by atoms with van der Waals surface area (Å²) in [7, 11) is -3.80. The van der Waals surface area contributed by atoms with Crippen molar-refractivity contribution in [3.05, 3.63) is 63.3 Å². The van der Waals surface area contributed by atoms with Gasteiger partial charge in [0.1, 0.15) is 4.90 Å². The lowest BCUT2D eigenvalue weighted by atomic mass is 9.90. The third-order valence-corrected chi connectivity index (χ3v) is 8.26. The molecule has 0 aliphatic carbocycles. The number of halogens is 1. The maximum atomic E-state index is 13.2. The topological polar surface area (TPSA) is 81.7 Å². The van der Waals surface area contributed by atoms with Crippen LogP contribution in [0, 0.1) is 0 Å². The van der Waals surface area contributed by atoms with Gasteiger partial charge in [0.15, 0.2) is 11.5 Å². The molecule has 0 bridgehead atoms. The van der Waals surface area contributed by atoms with E-state index in [-0.39, 0.29) is 34.8 Å². The lowest BCUT2D eigenvalue weighted by Gasteiger charge is -2.24. The zero-order valence-corrected chi connectivity index (χ0v) is 17.2. The summed E-state index contributed by atoms with van der Waals surface area (Å²) in [5.74, 6) is 0.797. The minimum Gasteiger partial charge on any atom is -0.454 e. The zero-order chi connectivity index (χ0) is 20.2. The number of carbonyl (C=O) groups is 1. The summed E-state index contributed by atoms with van der Waals surface area (Å²) in [6, 6.07) is 11.5. The Balaban J connectivity index is 1.59. The highest BCUT2D eigenvalue weighted by molar-refractivity contribution is 7.91. The fourth-order valence-electron chi connectivity index (χ4n) is 3.54. The number of thiophene rings is 1. The van der Waals surface area contributed by atoms with Crippen molar-refractivity contribution in [2.24, 2.45) is 0 Å². The van der Waals surface area contributed by atoms with E-state index in [4.69, 9.17) is 21.1 Å². The van der Waals surface area contributed by atoms with Crippen LogP contribution in [0.4, 0.5) is 5.69 Å². The molecule has 0 unspecified atom stereocenters. The van der Waals surface area contributed by atoms with E-state index in [1.54, 1.807) is 5.38 Å². The quantitative estimate of drug-likeness (QED) is 0.642. The molecule has 0 radical (unpaired) electrons. The lowest BCUT2D eigenvalue weighted by Crippen LogP contribution is -2.23. The third kappa shape index (κ3) is 3.08. The van der Waals surface area contributed by atoms with Crippen LogP contribution < -0.4 is 14.8 Å². The van der Waals surface area contributed by atoms with Crippen molar-refractivity contribution in [3.63, 3.8) is 0 Å². The van der Waals surface area contributed by atoms with E-state index in [1.807, 2.05) is 18.2 Å². The van der Waals surface area contributed by atoms with Gasteiger partial charge in [0.05, 0.1) is 10.6 Å². The highest BCUT2D eigenvalue weighted by atomic mass is 35.5. The third-order valence-electron chi connectivity index (χ3n) is 4.97. The van der Waals surface area contributed by atoms with Gasteiger partial charge in [0.2, 0.25) is 22.5 Å². The molecule has 1 amide bonds. The second-order valence-corrected chi connectivity index (χ2v) is 9.98. The van der Waals surface area contributed by atoms with Crippen LogP contribution in [-0.2, 0) is 14.6 Å². The predicted octanol–water partition coefficient (Wildman–Crippen LogP) is 4.44. The molecular formula is C20H14ClNO5S2. The van der Waals surface area contributed by atoms with Crippen LogP contribution >= 0.6 is 22.9 Å². The average molecular weight is 448 g/mol. The summed E-state index contributed by atoms with van der Waals surface area (Å²) < 4.78 is 37.1. The van der Waals surface area contributed by atoms with Crippen molar-refractivity contribution in [1.82, 2.24) is 0 Å². The predicted molar refractivity (Wildman–Crippen MR) is 109 cm³/mol. The Kier molecular flexibility index (Phi) is 4.31. The van der Waals surface area contributed by atoms with Crippen LogP contribution in [-0.4, -0.2) is 21.1 Å². The molecule has 2 aromatic carbocycles. The van der Waals surface area contributed by atoms with Gasteiger partial charge in [-0.3, -0.25) is 4.79 Å². The Morgan fingerprint density at radius 3 is 2.62 bits per heavy atom. The molecule has 3 aromatic rings. The van der Waals surface area contributed by atoms with Gasteiger partial charge < -0.3 is 14.8 Å². The molecule has 2 aliphatic rings. The Hall–Kier alpha value is -2.55. The Morgan fingerprint density at radius 2 is 1.83 bits per heavy atom. The summed E-state index contributed by atoms with van der Waals surface area (Å²) in [5.41, 5.74) is 1.23. The van der Waals surface area contributed by atoms with Crippen molar-refractivity contribution in [1.29, 1.82) is 0 Å². The maximum absolute atomic E-state index is 13.2. The second kappa shape index (κ2) is 6.76. The number of hydrogen-bond donors (Lipinski definition) is 1. The van der Waals surface area contributed by atoms with Crippen molar-refractivity contribution in [3.8, 4) is 11.5 Å². The van der Waals surface area contributed by atoms with Gasteiger partial charge in [-0.25, -0.2) is 8.42 Å². The minimum atomic E-state index is -3.80. The van der Waals surface area contributed by atoms with Crippen LogP contribution in [0.1, 0.15) is 22.8 Å². The highest BCUT2D eigenvalue weighted by Crippen LogP contribution is 2.47. The second-order valence-electron chi connectivity index (χ2n) is 6.71. The molecule has 1 atom stereocenters. The van der Waals surface area contributed by atoms with E-state index in [2.05, 4.69) is 5.32 Å². The molecule has 3 heterocycles. The highest BCUT2D eigenvalue weighted by Gasteiger charge is 2.35. The number of rotatable bonds is 3. The molecule has 0 saturated carbocycles. The van der Waals surface area contributed by atoms with Crippen LogP contribution in [0.2, 0.25) is 5.02 Å². The molecule has 148 valence electrons. The fraction of sp³-hybridized carbons (Fsp3) is 0.150.